The summed E-state index contributed by atoms with van der Waals surface area (Å²) in [6.07, 6.45) is 1.39. The quantitative estimate of drug-likeness (QED) is 0.857. The molecule has 2 aliphatic rings. The lowest BCUT2D eigenvalue weighted by Gasteiger charge is -2.36. The Hall–Kier alpha value is -2.44. The maximum atomic E-state index is 13.2. The Balaban J connectivity index is 1.20. The number of alkyl halides is 1. The van der Waals surface area contributed by atoms with Crippen molar-refractivity contribution in [3.05, 3.63) is 30.0 Å². The Morgan fingerprint density at radius 3 is 2.81 bits per heavy atom. The van der Waals surface area contributed by atoms with Gasteiger partial charge in [0.25, 0.3) is 0 Å². The molecule has 2 aliphatic carbocycles. The third-order valence-corrected chi connectivity index (χ3v) is 5.67. The molecule has 1 heterocycles. The number of fused-ring (bicyclic) bond motifs is 1. The third kappa shape index (κ3) is 3.06. The number of likely N-dealkylation sites (N-methyl/N-ethyl adjacent to an activating group) is 1. The summed E-state index contributed by atoms with van der Waals surface area (Å²) in [6.45, 7) is 0.813. The first-order valence-corrected chi connectivity index (χ1v) is 8.97. The lowest BCUT2D eigenvalue weighted by atomic mass is 9.71. The van der Waals surface area contributed by atoms with E-state index in [4.69, 9.17) is 4.52 Å². The zero-order valence-corrected chi connectivity index (χ0v) is 14.7. The number of aromatic nitrogens is 1. The minimum Gasteiger partial charge on any atom is -0.356 e. The maximum Gasteiger partial charge on any atom is 0.226 e. The van der Waals surface area contributed by atoms with E-state index < -0.39 is 6.17 Å². The molecule has 1 atom stereocenters. The van der Waals surface area contributed by atoms with E-state index in [1.165, 1.54) is 0 Å². The van der Waals surface area contributed by atoms with Gasteiger partial charge in [0.2, 0.25) is 11.8 Å². The van der Waals surface area contributed by atoms with Crippen LogP contribution in [0.15, 0.2) is 28.8 Å². The minimum absolute atomic E-state index is 0.0477. The Morgan fingerprint density at radius 1 is 1.35 bits per heavy atom. The number of halogens is 1. The van der Waals surface area contributed by atoms with Crippen molar-refractivity contribution >= 4 is 22.8 Å². The van der Waals surface area contributed by atoms with Crippen molar-refractivity contribution in [1.82, 2.24) is 15.4 Å². The Labute approximate surface area is 150 Å². The molecule has 0 bridgehead atoms. The number of nitrogens with zero attached hydrogens (tertiary/aromatic N) is 2. The van der Waals surface area contributed by atoms with Crippen LogP contribution in [0.25, 0.3) is 11.0 Å². The van der Waals surface area contributed by atoms with Crippen molar-refractivity contribution in [3.8, 4) is 0 Å². The number of hydrogen-bond donors (Lipinski definition) is 1. The highest BCUT2D eigenvalue weighted by Crippen LogP contribution is 2.65. The molecule has 2 saturated carbocycles. The molecule has 1 aromatic heterocycles. The number of rotatable bonds is 6. The summed E-state index contributed by atoms with van der Waals surface area (Å²) in [7, 11) is 1.73. The highest BCUT2D eigenvalue weighted by atomic mass is 19.1. The van der Waals surface area contributed by atoms with E-state index in [-0.39, 0.29) is 29.6 Å². The van der Waals surface area contributed by atoms with Crippen molar-refractivity contribution in [1.29, 1.82) is 0 Å². The highest BCUT2D eigenvalue weighted by Gasteiger charge is 2.64. The zero-order valence-electron chi connectivity index (χ0n) is 14.7. The molecule has 2 fully saturated rings. The average Bonchev–Trinajstić information content (AvgIpc) is 3.12. The van der Waals surface area contributed by atoms with Gasteiger partial charge in [0, 0.05) is 36.9 Å². The first-order valence-electron chi connectivity index (χ1n) is 8.97. The number of amides is 2. The first kappa shape index (κ1) is 17.0. The van der Waals surface area contributed by atoms with Crippen molar-refractivity contribution in [2.24, 2.45) is 11.3 Å². The molecule has 2 aromatic rings. The van der Waals surface area contributed by atoms with E-state index in [1.807, 2.05) is 24.3 Å². The van der Waals surface area contributed by atoms with E-state index in [0.717, 1.165) is 5.39 Å². The van der Waals surface area contributed by atoms with Gasteiger partial charge < -0.3 is 14.7 Å². The fourth-order valence-corrected chi connectivity index (χ4v) is 3.88. The summed E-state index contributed by atoms with van der Waals surface area (Å²) >= 11 is 0. The largest absolute Gasteiger partial charge is 0.356 e. The van der Waals surface area contributed by atoms with Gasteiger partial charge in [-0.05, 0) is 31.4 Å². The summed E-state index contributed by atoms with van der Waals surface area (Å²) in [5, 5.41) is 7.58. The predicted molar refractivity (Wildman–Crippen MR) is 93.0 cm³/mol. The molecule has 138 valence electrons. The molecule has 7 heteroatoms. The molecule has 0 radical (unpaired) electrons. The average molecular weight is 359 g/mol. The second-order valence-corrected chi connectivity index (χ2v) is 7.55. The summed E-state index contributed by atoms with van der Waals surface area (Å²) in [5.74, 6) is -0.171. The Kier molecular flexibility index (Phi) is 4.17. The highest BCUT2D eigenvalue weighted by molar-refractivity contribution is 5.86. The second kappa shape index (κ2) is 6.37. The van der Waals surface area contributed by atoms with Gasteiger partial charge in [-0.15, -0.1) is 0 Å². The van der Waals surface area contributed by atoms with Gasteiger partial charge in [0.15, 0.2) is 5.58 Å². The van der Waals surface area contributed by atoms with Gasteiger partial charge in [-0.25, -0.2) is 4.39 Å². The van der Waals surface area contributed by atoms with Crippen LogP contribution in [-0.4, -0.2) is 48.2 Å². The van der Waals surface area contributed by atoms with Crippen LogP contribution in [0.4, 0.5) is 4.39 Å². The van der Waals surface area contributed by atoms with Crippen LogP contribution in [0.3, 0.4) is 0 Å². The van der Waals surface area contributed by atoms with Gasteiger partial charge in [0.1, 0.15) is 11.9 Å². The number of hydrogen-bond acceptors (Lipinski definition) is 4. The van der Waals surface area contributed by atoms with Crippen LogP contribution < -0.4 is 5.32 Å². The van der Waals surface area contributed by atoms with Crippen LogP contribution >= 0.6 is 0 Å². The van der Waals surface area contributed by atoms with Gasteiger partial charge in [-0.3, -0.25) is 9.59 Å². The number of carbonyl (C=O) groups excluding carboxylic acids is 2. The topological polar surface area (TPSA) is 75.4 Å². The molecular formula is C19H22FN3O3. The fraction of sp³-hybridized carbons (Fsp3) is 0.526. The number of carbonyl (C=O) groups is 2. The van der Waals surface area contributed by atoms with Crippen LogP contribution in [0.1, 0.15) is 25.0 Å². The third-order valence-electron chi connectivity index (χ3n) is 5.67. The van der Waals surface area contributed by atoms with E-state index in [0.29, 0.717) is 43.6 Å². The van der Waals surface area contributed by atoms with E-state index in [9.17, 15) is 14.0 Å². The molecular weight excluding hydrogens is 337 g/mol. The Morgan fingerprint density at radius 2 is 2.08 bits per heavy atom. The molecule has 1 spiro atoms. The summed E-state index contributed by atoms with van der Waals surface area (Å²) in [6, 6.07) is 7.40. The Bertz CT molecular complexity index is 843. The monoisotopic (exact) mass is 359 g/mol. The van der Waals surface area contributed by atoms with Crippen molar-refractivity contribution in [2.45, 2.75) is 31.9 Å². The molecule has 0 saturated heterocycles. The fourth-order valence-electron chi connectivity index (χ4n) is 3.88. The number of benzene rings is 1. The molecule has 1 N–H and O–H groups in total. The van der Waals surface area contributed by atoms with E-state index in [1.54, 1.807) is 11.9 Å². The van der Waals surface area contributed by atoms with Crippen molar-refractivity contribution in [3.63, 3.8) is 0 Å². The molecule has 1 aromatic carbocycles. The van der Waals surface area contributed by atoms with E-state index >= 15 is 0 Å². The van der Waals surface area contributed by atoms with Gasteiger partial charge in [0.05, 0.1) is 6.42 Å². The molecule has 1 unspecified atom stereocenters. The van der Waals surface area contributed by atoms with Crippen molar-refractivity contribution in [2.75, 3.05) is 20.1 Å². The van der Waals surface area contributed by atoms with Gasteiger partial charge in [-0.2, -0.15) is 0 Å². The summed E-state index contributed by atoms with van der Waals surface area (Å²) < 4.78 is 18.4. The van der Waals surface area contributed by atoms with Gasteiger partial charge >= 0.3 is 0 Å². The number of para-hydroxylation sites is 1. The molecule has 26 heavy (non-hydrogen) atoms. The van der Waals surface area contributed by atoms with E-state index in [2.05, 4.69) is 10.5 Å². The smallest absolute Gasteiger partial charge is 0.226 e. The predicted octanol–water partition coefficient (Wildman–Crippen LogP) is 2.08. The second-order valence-electron chi connectivity index (χ2n) is 7.55. The normalized spacial score (nSPS) is 26.5. The molecule has 2 amide bonds. The molecule has 0 aliphatic heterocycles. The first-order chi connectivity index (χ1) is 12.5. The lowest BCUT2D eigenvalue weighted by Crippen LogP contribution is -2.44. The zero-order chi connectivity index (χ0) is 18.3. The minimum atomic E-state index is -0.705. The van der Waals surface area contributed by atoms with Crippen molar-refractivity contribution < 1.29 is 18.5 Å². The summed E-state index contributed by atoms with van der Waals surface area (Å²) in [5.41, 5.74) is 1.09. The van der Waals surface area contributed by atoms with Crippen LogP contribution in [0.2, 0.25) is 0 Å². The molecule has 4 rings (SSSR count). The maximum absolute atomic E-state index is 13.2. The standard InChI is InChI=1S/C19H22FN3O3/c1-23(18(25)12-9-19(10-12)11-16(19)20)7-6-21-17(24)8-14-13-4-2-3-5-15(13)26-22-14/h2-5,12,16H,6-11H2,1H3,(H,21,24). The van der Waals surface area contributed by atoms with Crippen LogP contribution in [0, 0.1) is 11.3 Å². The summed E-state index contributed by atoms with van der Waals surface area (Å²) in [4.78, 5) is 26.0. The van der Waals surface area contributed by atoms with Crippen LogP contribution in [0.5, 0.6) is 0 Å². The number of nitrogens with one attached hydrogen (secondary N) is 1. The SMILES string of the molecule is CN(CCNC(=O)Cc1noc2ccccc12)C(=O)C1CC2(C1)CC2F. The lowest BCUT2D eigenvalue weighted by molar-refractivity contribution is -0.139. The van der Waals surface area contributed by atoms with Crippen LogP contribution in [-0.2, 0) is 16.0 Å². The van der Waals surface area contributed by atoms with Gasteiger partial charge in [-0.1, -0.05) is 17.3 Å². The molecule has 6 nitrogen and oxygen atoms in total.